The number of nitrogens with one attached hydrogen (secondary N) is 1. The van der Waals surface area contributed by atoms with Crippen LogP contribution in [-0.4, -0.2) is 40.7 Å². The van der Waals surface area contributed by atoms with E-state index >= 15 is 0 Å². The molecule has 0 fully saturated rings. The molecule has 3 aromatic rings. The van der Waals surface area contributed by atoms with Gasteiger partial charge in [0, 0.05) is 32.0 Å². The zero-order valence-electron chi connectivity index (χ0n) is 14.1. The topological polar surface area (TPSA) is 69.0 Å². The van der Waals surface area contributed by atoms with Gasteiger partial charge in [-0.15, -0.1) is 0 Å². The lowest BCUT2D eigenvalue weighted by Gasteiger charge is -2.11. The Morgan fingerprint density at radius 1 is 1.36 bits per heavy atom. The first-order valence-corrected chi connectivity index (χ1v) is 8.36. The largest absolute Gasteiger partial charge is 0.385 e. The minimum Gasteiger partial charge on any atom is -0.385 e. The lowest BCUT2D eigenvalue weighted by Crippen LogP contribution is -2.25. The van der Waals surface area contributed by atoms with E-state index in [2.05, 4.69) is 15.3 Å². The van der Waals surface area contributed by atoms with E-state index in [1.54, 1.807) is 31.5 Å². The van der Waals surface area contributed by atoms with Crippen molar-refractivity contribution in [3.05, 3.63) is 52.9 Å². The summed E-state index contributed by atoms with van der Waals surface area (Å²) in [6.07, 6.45) is 2.47. The van der Waals surface area contributed by atoms with E-state index in [9.17, 15) is 4.79 Å². The van der Waals surface area contributed by atoms with Gasteiger partial charge in [-0.1, -0.05) is 11.6 Å². The van der Waals surface area contributed by atoms with Gasteiger partial charge in [-0.3, -0.25) is 9.36 Å². The number of carbonyl (C=O) groups excluding carboxylic acids is 1. The molecule has 130 valence electrons. The molecule has 7 heteroatoms. The number of hydrogen-bond acceptors (Lipinski definition) is 4. The lowest BCUT2D eigenvalue weighted by atomic mass is 10.1. The van der Waals surface area contributed by atoms with Gasteiger partial charge in [-0.25, -0.2) is 9.97 Å². The van der Waals surface area contributed by atoms with Crippen LogP contribution in [0.1, 0.15) is 22.6 Å². The summed E-state index contributed by atoms with van der Waals surface area (Å²) < 4.78 is 6.84. The van der Waals surface area contributed by atoms with E-state index in [4.69, 9.17) is 16.3 Å². The van der Waals surface area contributed by atoms with Crippen LogP contribution >= 0.6 is 11.6 Å². The van der Waals surface area contributed by atoms with E-state index in [1.165, 1.54) is 0 Å². The summed E-state index contributed by atoms with van der Waals surface area (Å²) >= 11 is 6.39. The Morgan fingerprint density at radius 2 is 2.20 bits per heavy atom. The summed E-state index contributed by atoms with van der Waals surface area (Å²) in [5.41, 5.74) is 2.71. The first-order chi connectivity index (χ1) is 12.1. The van der Waals surface area contributed by atoms with Gasteiger partial charge in [-0.2, -0.15) is 0 Å². The fourth-order valence-corrected chi connectivity index (χ4v) is 2.86. The number of benzene rings is 1. The molecule has 6 nitrogen and oxygen atoms in total. The molecule has 0 radical (unpaired) electrons. The summed E-state index contributed by atoms with van der Waals surface area (Å²) in [6, 6.07) is 8.92. The second-order valence-electron chi connectivity index (χ2n) is 5.61. The van der Waals surface area contributed by atoms with E-state index < -0.39 is 0 Å². The third-order valence-electron chi connectivity index (χ3n) is 3.84. The molecule has 0 aliphatic rings. The van der Waals surface area contributed by atoms with E-state index in [0.29, 0.717) is 35.1 Å². The second-order valence-corrected chi connectivity index (χ2v) is 6.02. The van der Waals surface area contributed by atoms with Crippen molar-refractivity contribution < 1.29 is 9.53 Å². The van der Waals surface area contributed by atoms with Gasteiger partial charge in [0.15, 0.2) is 5.65 Å². The maximum Gasteiger partial charge on any atom is 0.251 e. The highest BCUT2D eigenvalue weighted by molar-refractivity contribution is 6.32. The number of nitrogens with zero attached hydrogens (tertiary/aromatic N) is 3. The van der Waals surface area contributed by atoms with Crippen LogP contribution in [0.15, 0.2) is 36.5 Å². The maximum absolute atomic E-state index is 12.4. The molecule has 2 heterocycles. The SMILES string of the molecule is COCCCNC(=O)c1ccc(Cl)c(-n2c(C)nc3cccnc32)c1. The van der Waals surface area contributed by atoms with Gasteiger partial charge in [0.1, 0.15) is 11.3 Å². The minimum atomic E-state index is -0.149. The third kappa shape index (κ3) is 3.65. The predicted octanol–water partition coefficient (Wildman–Crippen LogP) is 3.15. The van der Waals surface area contributed by atoms with Crippen molar-refractivity contribution in [1.82, 2.24) is 19.9 Å². The number of aromatic nitrogens is 3. The van der Waals surface area contributed by atoms with Crippen LogP contribution in [0, 0.1) is 6.92 Å². The zero-order valence-corrected chi connectivity index (χ0v) is 14.9. The van der Waals surface area contributed by atoms with Gasteiger partial charge in [0.05, 0.1) is 10.7 Å². The number of imidazole rings is 1. The molecule has 0 saturated carbocycles. The summed E-state index contributed by atoms with van der Waals surface area (Å²) in [5, 5.41) is 3.41. The summed E-state index contributed by atoms with van der Waals surface area (Å²) in [7, 11) is 1.64. The Bertz CT molecular complexity index is 907. The maximum atomic E-state index is 12.4. The molecule has 2 aromatic heterocycles. The number of amides is 1. The summed E-state index contributed by atoms with van der Waals surface area (Å²) in [6.45, 7) is 3.05. The Balaban J connectivity index is 1.94. The number of carbonyl (C=O) groups is 1. The van der Waals surface area contributed by atoms with Gasteiger partial charge >= 0.3 is 0 Å². The Labute approximate surface area is 150 Å². The van der Waals surface area contributed by atoms with E-state index in [-0.39, 0.29) is 5.91 Å². The fraction of sp³-hybridized carbons (Fsp3) is 0.278. The number of ether oxygens (including phenoxy) is 1. The van der Waals surface area contributed by atoms with E-state index in [0.717, 1.165) is 17.8 Å². The van der Waals surface area contributed by atoms with Crippen molar-refractivity contribution in [3.8, 4) is 5.69 Å². The molecule has 25 heavy (non-hydrogen) atoms. The second kappa shape index (κ2) is 7.63. The average Bonchev–Trinajstić information content (AvgIpc) is 2.94. The number of halogens is 1. The van der Waals surface area contributed by atoms with Crippen LogP contribution in [0.25, 0.3) is 16.9 Å². The van der Waals surface area contributed by atoms with Gasteiger partial charge in [-0.05, 0) is 43.7 Å². The monoisotopic (exact) mass is 358 g/mol. The summed E-state index contributed by atoms with van der Waals surface area (Å²) in [4.78, 5) is 21.2. The van der Waals surface area contributed by atoms with Crippen LogP contribution < -0.4 is 5.32 Å². The lowest BCUT2D eigenvalue weighted by molar-refractivity contribution is 0.0948. The van der Waals surface area contributed by atoms with Crippen LogP contribution in [0.4, 0.5) is 0 Å². The smallest absolute Gasteiger partial charge is 0.251 e. The third-order valence-corrected chi connectivity index (χ3v) is 4.16. The normalized spacial score (nSPS) is 11.0. The molecular weight excluding hydrogens is 340 g/mol. The molecule has 0 aliphatic carbocycles. The molecular formula is C18H19ClN4O2. The average molecular weight is 359 g/mol. The Kier molecular flexibility index (Phi) is 5.31. The highest BCUT2D eigenvalue weighted by atomic mass is 35.5. The zero-order chi connectivity index (χ0) is 17.8. The molecule has 1 aromatic carbocycles. The van der Waals surface area contributed by atoms with Crippen molar-refractivity contribution in [2.45, 2.75) is 13.3 Å². The number of fused-ring (bicyclic) bond motifs is 1. The van der Waals surface area contributed by atoms with Crippen molar-refractivity contribution in [3.63, 3.8) is 0 Å². The molecule has 0 saturated heterocycles. The number of aryl methyl sites for hydroxylation is 1. The molecule has 0 aliphatic heterocycles. The van der Waals surface area contributed by atoms with Crippen LogP contribution in [0.2, 0.25) is 5.02 Å². The van der Waals surface area contributed by atoms with Crippen molar-refractivity contribution >= 4 is 28.7 Å². The predicted molar refractivity (Wildman–Crippen MR) is 97.4 cm³/mol. The standard InChI is InChI=1S/C18H19ClN4O2/c1-12-22-15-5-3-8-20-17(15)23(12)16-11-13(6-7-14(16)19)18(24)21-9-4-10-25-2/h3,5-8,11H,4,9-10H2,1-2H3,(H,21,24). The Hall–Kier alpha value is -2.44. The molecule has 0 spiro atoms. The quantitative estimate of drug-likeness (QED) is 0.687. The number of pyridine rings is 1. The minimum absolute atomic E-state index is 0.149. The molecule has 0 unspecified atom stereocenters. The number of hydrogen-bond donors (Lipinski definition) is 1. The van der Waals surface area contributed by atoms with E-state index in [1.807, 2.05) is 23.6 Å². The number of methoxy groups -OCH3 is 1. The van der Waals surface area contributed by atoms with Crippen molar-refractivity contribution in [2.75, 3.05) is 20.3 Å². The number of rotatable bonds is 6. The highest BCUT2D eigenvalue weighted by Gasteiger charge is 2.15. The van der Waals surface area contributed by atoms with Crippen molar-refractivity contribution in [1.29, 1.82) is 0 Å². The van der Waals surface area contributed by atoms with Crippen LogP contribution in [0.3, 0.4) is 0 Å². The molecule has 0 bridgehead atoms. The summed E-state index contributed by atoms with van der Waals surface area (Å²) in [5.74, 6) is 0.609. The first-order valence-electron chi connectivity index (χ1n) is 7.99. The Morgan fingerprint density at radius 3 is 3.00 bits per heavy atom. The molecule has 3 rings (SSSR count). The first kappa shape index (κ1) is 17.4. The highest BCUT2D eigenvalue weighted by Crippen LogP contribution is 2.26. The van der Waals surface area contributed by atoms with Gasteiger partial charge < -0.3 is 10.1 Å². The van der Waals surface area contributed by atoms with Crippen molar-refractivity contribution in [2.24, 2.45) is 0 Å². The van der Waals surface area contributed by atoms with Crippen LogP contribution in [-0.2, 0) is 4.74 Å². The fourth-order valence-electron chi connectivity index (χ4n) is 2.66. The molecule has 1 amide bonds. The van der Waals surface area contributed by atoms with Gasteiger partial charge in [0.2, 0.25) is 0 Å². The van der Waals surface area contributed by atoms with Gasteiger partial charge in [0.25, 0.3) is 5.91 Å². The molecule has 0 atom stereocenters. The van der Waals surface area contributed by atoms with Crippen LogP contribution in [0.5, 0.6) is 0 Å². The molecule has 1 N–H and O–H groups in total.